The van der Waals surface area contributed by atoms with Crippen molar-refractivity contribution >= 4 is 35.6 Å². The molecule has 0 unspecified atom stereocenters. The number of hydrogen-bond acceptors (Lipinski definition) is 12. The largest absolute Gasteiger partial charge is 0.507 e. The van der Waals surface area contributed by atoms with Gasteiger partial charge in [0.1, 0.15) is 23.0 Å². The number of esters is 2. The minimum Gasteiger partial charge on any atom is -0.507 e. The molecule has 0 fully saturated rings. The molecule has 14 nitrogen and oxygen atoms in total. The van der Waals surface area contributed by atoms with E-state index in [1.165, 1.54) is 178 Å². The molecule has 4 amide bonds. The molecule has 0 aliphatic heterocycles. The number of ether oxygens (including phenoxy) is 2. The number of imide groups is 2. The topological polar surface area (TPSA) is 220 Å². The first-order valence-corrected chi connectivity index (χ1v) is 29.2. The van der Waals surface area contributed by atoms with Gasteiger partial charge in [-0.1, -0.05) is 219 Å². The Morgan fingerprint density at radius 3 is 0.838 bits per heavy atom. The first-order chi connectivity index (χ1) is 35.9. The fourth-order valence-corrected chi connectivity index (χ4v) is 9.14. The minimum atomic E-state index is -0.881. The average Bonchev–Trinajstić information content (AvgIpc) is 3.38. The summed E-state index contributed by atoms with van der Waals surface area (Å²) in [5.41, 5.74) is -0.383. The number of nitrogens with zero attached hydrogens (tertiary/aromatic N) is 2. The number of amides is 4. The van der Waals surface area contributed by atoms with Gasteiger partial charge < -0.3 is 19.7 Å². The zero-order chi connectivity index (χ0) is 54.0. The van der Waals surface area contributed by atoms with Crippen LogP contribution in [-0.4, -0.2) is 55.8 Å². The molecule has 2 rings (SSSR count). The predicted molar refractivity (Wildman–Crippen MR) is 294 cm³/mol. The summed E-state index contributed by atoms with van der Waals surface area (Å²) in [7, 11) is 0. The second kappa shape index (κ2) is 42.4. The molecule has 418 valence electrons. The van der Waals surface area contributed by atoms with Crippen LogP contribution in [0.1, 0.15) is 291 Å². The summed E-state index contributed by atoms with van der Waals surface area (Å²) < 4.78 is 10.7. The maximum absolute atomic E-state index is 12.9. The van der Waals surface area contributed by atoms with Crippen molar-refractivity contribution in [2.45, 2.75) is 271 Å². The summed E-state index contributed by atoms with van der Waals surface area (Å²) in [6.07, 6.45) is 41.3. The van der Waals surface area contributed by atoms with Crippen LogP contribution in [0.2, 0.25) is 0 Å². The van der Waals surface area contributed by atoms with Crippen LogP contribution in [0.4, 0.5) is 0 Å². The van der Waals surface area contributed by atoms with Crippen LogP contribution < -0.4 is 21.2 Å². The van der Waals surface area contributed by atoms with Gasteiger partial charge >= 0.3 is 11.9 Å². The van der Waals surface area contributed by atoms with Gasteiger partial charge in [0.05, 0.1) is 11.1 Å². The zero-order valence-corrected chi connectivity index (χ0v) is 46.0. The lowest BCUT2D eigenvalue weighted by Crippen LogP contribution is -2.42. The van der Waals surface area contributed by atoms with Gasteiger partial charge in [-0.15, -0.1) is 0 Å². The van der Waals surface area contributed by atoms with Gasteiger partial charge in [-0.2, -0.15) is 0 Å². The number of hydrazine groups is 2. The van der Waals surface area contributed by atoms with Gasteiger partial charge in [0, 0.05) is 37.8 Å². The highest BCUT2D eigenvalue weighted by Gasteiger charge is 2.24. The second-order valence-corrected chi connectivity index (χ2v) is 20.5. The van der Waals surface area contributed by atoms with E-state index in [1.54, 1.807) is 0 Å². The Balaban J connectivity index is 1.53. The van der Waals surface area contributed by atoms with Crippen molar-refractivity contribution in [3.05, 3.63) is 47.5 Å². The van der Waals surface area contributed by atoms with Crippen molar-refractivity contribution in [1.29, 1.82) is 0 Å². The molecule has 0 aliphatic rings. The molecule has 2 aromatic rings. The standard InChI is InChI=1S/C60H98N4O10/c1-3-5-7-9-11-13-15-17-19-21-23-25-27-33-37-41-57(69)73-49-43-45-51(53(65)47-49)59(71)63(61)55(67)39-35-31-29-30-32-36-40-56(68)64(62)60(72)52-46-44-50(48-54(52)66)74-58(70)42-38-34-28-26-24-22-20-18-16-14-12-10-8-6-4-2/h43-48,65-66H,3-42,61-62H2,1-2H3. The predicted octanol–water partition coefficient (Wildman–Crippen LogP) is 14.9. The van der Waals surface area contributed by atoms with Gasteiger partial charge in [-0.05, 0) is 49.9 Å². The Bertz CT molecular complexity index is 1760. The summed E-state index contributed by atoms with van der Waals surface area (Å²) in [5, 5.41) is 22.0. The van der Waals surface area contributed by atoms with Crippen molar-refractivity contribution in [3.63, 3.8) is 0 Å². The van der Waals surface area contributed by atoms with Crippen molar-refractivity contribution in [3.8, 4) is 23.0 Å². The maximum Gasteiger partial charge on any atom is 0.311 e. The van der Waals surface area contributed by atoms with E-state index in [0.29, 0.717) is 35.7 Å². The lowest BCUT2D eigenvalue weighted by molar-refractivity contribution is -0.135. The maximum atomic E-state index is 12.9. The number of unbranched alkanes of at least 4 members (excludes halogenated alkanes) is 33. The zero-order valence-electron chi connectivity index (χ0n) is 46.0. The molecule has 14 heteroatoms. The Kier molecular flexibility index (Phi) is 37.4. The number of phenols is 2. The van der Waals surface area contributed by atoms with E-state index in [2.05, 4.69) is 13.8 Å². The van der Waals surface area contributed by atoms with E-state index < -0.39 is 47.1 Å². The van der Waals surface area contributed by atoms with Crippen molar-refractivity contribution in [2.24, 2.45) is 11.7 Å². The van der Waals surface area contributed by atoms with Crippen molar-refractivity contribution in [2.75, 3.05) is 0 Å². The van der Waals surface area contributed by atoms with Gasteiger partial charge in [0.25, 0.3) is 11.8 Å². The Hall–Kier alpha value is -4.82. The summed E-state index contributed by atoms with van der Waals surface area (Å²) in [4.78, 5) is 76.1. The van der Waals surface area contributed by atoms with Gasteiger partial charge in [-0.25, -0.2) is 21.7 Å². The molecule has 0 radical (unpaired) electrons. The van der Waals surface area contributed by atoms with E-state index in [9.17, 15) is 39.0 Å². The van der Waals surface area contributed by atoms with Crippen LogP contribution in [0.3, 0.4) is 0 Å². The van der Waals surface area contributed by atoms with E-state index in [1.807, 2.05) is 0 Å². The van der Waals surface area contributed by atoms with Crippen LogP contribution in [0.15, 0.2) is 36.4 Å². The van der Waals surface area contributed by atoms with Crippen LogP contribution >= 0.6 is 0 Å². The Labute approximate surface area is 445 Å². The third-order valence-corrected chi connectivity index (χ3v) is 13.8. The number of rotatable bonds is 45. The highest BCUT2D eigenvalue weighted by molar-refractivity contribution is 6.06. The smallest absolute Gasteiger partial charge is 0.311 e. The Morgan fingerprint density at radius 1 is 0.365 bits per heavy atom. The highest BCUT2D eigenvalue weighted by Crippen LogP contribution is 2.27. The molecular weight excluding hydrogens is 937 g/mol. The third kappa shape index (κ3) is 30.5. The van der Waals surface area contributed by atoms with Crippen molar-refractivity contribution < 1.29 is 48.5 Å². The molecule has 0 aromatic heterocycles. The molecule has 0 bridgehead atoms. The SMILES string of the molecule is CCCCCCCCCCCCCCCCCC(=O)Oc1ccc(C(=O)N(N)C(=O)CCCCCCCCC(=O)N(N)C(=O)c2ccc(OC(=O)CCCCCCCCCCCCCCCCC)cc2O)c(O)c1. The number of benzene rings is 2. The van der Waals surface area contributed by atoms with Gasteiger partial charge in [0.2, 0.25) is 11.8 Å². The molecule has 2 aromatic carbocycles. The summed E-state index contributed by atoms with van der Waals surface area (Å²) in [6.45, 7) is 4.50. The van der Waals surface area contributed by atoms with Crippen molar-refractivity contribution in [1.82, 2.24) is 10.0 Å². The number of nitrogens with two attached hydrogens (primary N) is 2. The number of phenolic OH excluding ortho intramolecular Hbond substituents is 2. The number of hydrogen-bond donors (Lipinski definition) is 4. The lowest BCUT2D eigenvalue weighted by Gasteiger charge is -2.16. The minimum absolute atomic E-state index is 0.0105. The number of carbonyl (C=O) groups is 6. The first-order valence-electron chi connectivity index (χ1n) is 29.2. The fourth-order valence-electron chi connectivity index (χ4n) is 9.14. The summed E-state index contributed by atoms with van der Waals surface area (Å²) in [6, 6.07) is 7.65. The highest BCUT2D eigenvalue weighted by atomic mass is 16.5. The Morgan fingerprint density at radius 2 is 0.595 bits per heavy atom. The average molecular weight is 1040 g/mol. The van der Waals surface area contributed by atoms with E-state index in [4.69, 9.17) is 21.2 Å². The number of aromatic hydroxyl groups is 2. The molecule has 0 spiro atoms. The van der Waals surface area contributed by atoms with Gasteiger partial charge in [0.15, 0.2) is 0 Å². The lowest BCUT2D eigenvalue weighted by atomic mass is 10.0. The van der Waals surface area contributed by atoms with Crippen LogP contribution in [0.5, 0.6) is 23.0 Å². The van der Waals surface area contributed by atoms with E-state index in [0.717, 1.165) is 64.2 Å². The molecule has 0 heterocycles. The molecule has 0 saturated heterocycles. The van der Waals surface area contributed by atoms with E-state index >= 15 is 0 Å². The second-order valence-electron chi connectivity index (χ2n) is 20.5. The fraction of sp³-hybridized carbons (Fsp3) is 0.700. The molecule has 0 aliphatic carbocycles. The monoisotopic (exact) mass is 1030 g/mol. The molecular formula is C60H98N4O10. The quantitative estimate of drug-likeness (QED) is 0.0122. The molecule has 0 atom stereocenters. The van der Waals surface area contributed by atoms with Gasteiger partial charge in [-0.3, -0.25) is 28.8 Å². The van der Waals surface area contributed by atoms with Crippen LogP contribution in [-0.2, 0) is 19.2 Å². The van der Waals surface area contributed by atoms with Crippen LogP contribution in [0.25, 0.3) is 0 Å². The van der Waals surface area contributed by atoms with Crippen LogP contribution in [0, 0.1) is 0 Å². The molecule has 74 heavy (non-hydrogen) atoms. The molecule has 6 N–H and O–H groups in total. The van der Waals surface area contributed by atoms with E-state index in [-0.39, 0.29) is 48.3 Å². The summed E-state index contributed by atoms with van der Waals surface area (Å²) >= 11 is 0. The summed E-state index contributed by atoms with van der Waals surface area (Å²) in [5.74, 6) is 7.14. The first kappa shape index (κ1) is 65.3. The normalized spacial score (nSPS) is 11.1. The number of carbonyl (C=O) groups excluding carboxylic acids is 6. The molecule has 0 saturated carbocycles. The third-order valence-electron chi connectivity index (χ3n) is 13.8.